The molecule has 0 radical (unpaired) electrons. The first-order chi connectivity index (χ1) is 8.06. The van der Waals surface area contributed by atoms with Gasteiger partial charge in [-0.25, -0.2) is 14.6 Å². The van der Waals surface area contributed by atoms with Crippen LogP contribution in [0, 0.1) is 13.8 Å². The third-order valence-corrected chi connectivity index (χ3v) is 4.15. The highest BCUT2D eigenvalue weighted by atomic mass is 79.9. The van der Waals surface area contributed by atoms with Crippen molar-refractivity contribution in [2.75, 3.05) is 0 Å². The number of rotatable bonds is 2. The van der Waals surface area contributed by atoms with E-state index in [4.69, 9.17) is 23.2 Å². The summed E-state index contributed by atoms with van der Waals surface area (Å²) >= 11 is 15.3. The van der Waals surface area contributed by atoms with Crippen LogP contribution < -0.4 is 0 Å². The Morgan fingerprint density at radius 2 is 2.06 bits per heavy atom. The van der Waals surface area contributed by atoms with Gasteiger partial charge in [0.1, 0.15) is 11.5 Å². The minimum Gasteiger partial charge on any atom is -0.224 e. The number of hydrogen-bond donors (Lipinski definition) is 0. The first kappa shape index (κ1) is 12.8. The largest absolute Gasteiger partial charge is 0.224 e. The van der Waals surface area contributed by atoms with Crippen LogP contribution in [0.4, 0.5) is 0 Å². The third kappa shape index (κ3) is 2.19. The molecular weight excluding hydrogens is 327 g/mol. The fourth-order valence-electron chi connectivity index (χ4n) is 1.51. The second kappa shape index (κ2) is 4.92. The topological polar surface area (TPSA) is 43.6 Å². The molecule has 0 bridgehead atoms. The van der Waals surface area contributed by atoms with Crippen LogP contribution in [0.2, 0.25) is 5.15 Å². The minimum absolute atomic E-state index is 0.241. The van der Waals surface area contributed by atoms with E-state index in [1.807, 2.05) is 13.8 Å². The number of aryl methyl sites for hydroxylation is 1. The Morgan fingerprint density at radius 1 is 1.35 bits per heavy atom. The summed E-state index contributed by atoms with van der Waals surface area (Å²) in [5, 5.41) is 4.75. The van der Waals surface area contributed by atoms with E-state index in [0.717, 1.165) is 15.9 Å². The highest BCUT2D eigenvalue weighted by molar-refractivity contribution is 9.10. The molecule has 2 aromatic heterocycles. The Kier molecular flexibility index (Phi) is 3.70. The van der Waals surface area contributed by atoms with Crippen LogP contribution in [0.3, 0.4) is 0 Å². The molecule has 90 valence electrons. The van der Waals surface area contributed by atoms with Gasteiger partial charge in [0.05, 0.1) is 21.7 Å². The summed E-state index contributed by atoms with van der Waals surface area (Å²) < 4.78 is 2.66. The van der Waals surface area contributed by atoms with Crippen LogP contribution in [-0.4, -0.2) is 19.7 Å². The van der Waals surface area contributed by atoms with Crippen LogP contribution in [0.15, 0.2) is 10.8 Å². The molecule has 2 aromatic rings. The van der Waals surface area contributed by atoms with E-state index in [-0.39, 0.29) is 5.88 Å². The van der Waals surface area contributed by atoms with Crippen LogP contribution in [-0.2, 0) is 5.88 Å². The van der Waals surface area contributed by atoms with E-state index in [1.165, 1.54) is 6.33 Å². The molecule has 0 saturated heterocycles. The quantitative estimate of drug-likeness (QED) is 0.623. The standard InChI is InChI=1S/C10H9BrCl2N4/c1-5-8(11)6(2)17(16-5)10-7(3-12)9(13)14-4-15-10/h4H,3H2,1-2H3. The van der Waals surface area contributed by atoms with Gasteiger partial charge in [-0.15, -0.1) is 11.6 Å². The van der Waals surface area contributed by atoms with Crippen molar-refractivity contribution in [1.82, 2.24) is 19.7 Å². The molecule has 0 fully saturated rings. The molecule has 0 atom stereocenters. The van der Waals surface area contributed by atoms with Gasteiger partial charge in [0.15, 0.2) is 5.82 Å². The SMILES string of the molecule is Cc1nn(-c2ncnc(Cl)c2CCl)c(C)c1Br. The summed E-state index contributed by atoms with van der Waals surface area (Å²) in [4.78, 5) is 8.11. The van der Waals surface area contributed by atoms with Gasteiger partial charge in [0.2, 0.25) is 0 Å². The Hall–Kier alpha value is -0.650. The highest BCUT2D eigenvalue weighted by Gasteiger charge is 2.16. The zero-order valence-electron chi connectivity index (χ0n) is 9.21. The van der Waals surface area contributed by atoms with Crippen LogP contribution in [0.25, 0.3) is 5.82 Å². The Bertz CT molecular complexity index is 568. The lowest BCUT2D eigenvalue weighted by Gasteiger charge is -2.08. The Morgan fingerprint density at radius 3 is 2.59 bits per heavy atom. The molecule has 0 aliphatic carbocycles. The van der Waals surface area contributed by atoms with Crippen molar-refractivity contribution in [3.8, 4) is 5.82 Å². The van der Waals surface area contributed by atoms with E-state index in [2.05, 4.69) is 31.0 Å². The van der Waals surface area contributed by atoms with E-state index >= 15 is 0 Å². The second-order valence-electron chi connectivity index (χ2n) is 3.50. The summed E-state index contributed by atoms with van der Waals surface area (Å²) in [6.45, 7) is 3.86. The fourth-order valence-corrected chi connectivity index (χ4v) is 2.27. The molecule has 2 heterocycles. The molecule has 17 heavy (non-hydrogen) atoms. The van der Waals surface area contributed by atoms with Gasteiger partial charge < -0.3 is 0 Å². The fraction of sp³-hybridized carbons (Fsp3) is 0.300. The average molecular weight is 336 g/mol. The summed E-state index contributed by atoms with van der Waals surface area (Å²) in [5.74, 6) is 0.858. The minimum atomic E-state index is 0.241. The normalized spacial score (nSPS) is 10.9. The van der Waals surface area contributed by atoms with Crippen LogP contribution >= 0.6 is 39.1 Å². The number of halogens is 3. The zero-order chi connectivity index (χ0) is 12.6. The zero-order valence-corrected chi connectivity index (χ0v) is 12.3. The monoisotopic (exact) mass is 334 g/mol. The summed E-state index contributed by atoms with van der Waals surface area (Å²) in [6, 6.07) is 0. The van der Waals surface area contributed by atoms with Crippen LogP contribution in [0.1, 0.15) is 17.0 Å². The smallest absolute Gasteiger partial charge is 0.162 e. The van der Waals surface area contributed by atoms with Crippen LogP contribution in [0.5, 0.6) is 0 Å². The van der Waals surface area contributed by atoms with Crippen molar-refractivity contribution in [1.29, 1.82) is 0 Å². The predicted molar refractivity (Wildman–Crippen MR) is 70.9 cm³/mol. The maximum atomic E-state index is 5.99. The number of alkyl halides is 1. The molecule has 0 unspecified atom stereocenters. The number of hydrogen-bond acceptors (Lipinski definition) is 3. The summed E-state index contributed by atoms with van der Waals surface area (Å²) in [7, 11) is 0. The van der Waals surface area contributed by atoms with Crippen molar-refractivity contribution in [2.45, 2.75) is 19.7 Å². The van der Waals surface area contributed by atoms with Gasteiger partial charge in [-0.2, -0.15) is 5.10 Å². The first-order valence-corrected chi connectivity index (χ1v) is 6.54. The molecule has 0 spiro atoms. The van der Waals surface area contributed by atoms with Gasteiger partial charge in [-0.3, -0.25) is 0 Å². The van der Waals surface area contributed by atoms with Crippen molar-refractivity contribution < 1.29 is 0 Å². The lowest BCUT2D eigenvalue weighted by atomic mass is 10.3. The van der Waals surface area contributed by atoms with E-state index in [0.29, 0.717) is 16.5 Å². The molecule has 0 N–H and O–H groups in total. The second-order valence-corrected chi connectivity index (χ2v) is 4.92. The molecular formula is C10H9BrCl2N4. The van der Waals surface area contributed by atoms with Gasteiger partial charge in [-0.1, -0.05) is 11.6 Å². The van der Waals surface area contributed by atoms with Crippen molar-refractivity contribution in [2.24, 2.45) is 0 Å². The maximum Gasteiger partial charge on any atom is 0.162 e. The molecule has 7 heteroatoms. The molecule has 2 rings (SSSR count). The molecule has 0 aliphatic rings. The van der Waals surface area contributed by atoms with Gasteiger partial charge in [0.25, 0.3) is 0 Å². The van der Waals surface area contributed by atoms with Crippen molar-refractivity contribution in [3.63, 3.8) is 0 Å². The van der Waals surface area contributed by atoms with E-state index in [1.54, 1.807) is 4.68 Å². The van der Waals surface area contributed by atoms with Gasteiger partial charge in [-0.05, 0) is 29.8 Å². The predicted octanol–water partition coefficient (Wildman–Crippen LogP) is 3.43. The molecule has 0 aromatic carbocycles. The maximum absolute atomic E-state index is 5.99. The summed E-state index contributed by atoms with van der Waals surface area (Å²) in [5.41, 5.74) is 2.51. The lowest BCUT2D eigenvalue weighted by molar-refractivity contribution is 0.790. The molecule has 0 amide bonds. The molecule has 4 nitrogen and oxygen atoms in total. The van der Waals surface area contributed by atoms with E-state index in [9.17, 15) is 0 Å². The summed E-state index contributed by atoms with van der Waals surface area (Å²) in [6.07, 6.45) is 1.40. The molecule has 0 aliphatic heterocycles. The highest BCUT2D eigenvalue weighted by Crippen LogP contribution is 2.26. The van der Waals surface area contributed by atoms with Gasteiger partial charge >= 0.3 is 0 Å². The molecule has 0 saturated carbocycles. The average Bonchev–Trinajstić information content (AvgIpc) is 2.56. The van der Waals surface area contributed by atoms with Crippen molar-refractivity contribution >= 4 is 39.1 Å². The van der Waals surface area contributed by atoms with Crippen molar-refractivity contribution in [3.05, 3.63) is 32.9 Å². The number of nitrogens with zero attached hydrogens (tertiary/aromatic N) is 4. The van der Waals surface area contributed by atoms with Gasteiger partial charge in [0, 0.05) is 5.56 Å². The Balaban J connectivity index is 2.68. The lowest BCUT2D eigenvalue weighted by Crippen LogP contribution is -2.07. The Labute approximate surface area is 117 Å². The van der Waals surface area contributed by atoms with E-state index < -0.39 is 0 Å². The first-order valence-electron chi connectivity index (χ1n) is 4.83. The number of aromatic nitrogens is 4. The third-order valence-electron chi connectivity index (χ3n) is 2.41.